The Morgan fingerprint density at radius 2 is 1.89 bits per heavy atom. The number of nitrogens with one attached hydrogen (secondary N) is 1. The molecule has 1 aliphatic carbocycles. The summed E-state index contributed by atoms with van der Waals surface area (Å²) in [7, 11) is 0. The average molecular weight is 261 g/mol. The summed E-state index contributed by atoms with van der Waals surface area (Å²) in [6.45, 7) is 0. The van der Waals surface area contributed by atoms with Gasteiger partial charge in [0.15, 0.2) is 0 Å². The van der Waals surface area contributed by atoms with Crippen molar-refractivity contribution >= 4 is 27.8 Å². The lowest BCUT2D eigenvalue weighted by atomic mass is 9.96. The molecule has 3 heteroatoms. The summed E-state index contributed by atoms with van der Waals surface area (Å²) in [5.41, 5.74) is 0. The van der Waals surface area contributed by atoms with Crippen LogP contribution in [0.15, 0.2) is 35.7 Å². The minimum Gasteiger partial charge on any atom is -0.356 e. The lowest BCUT2D eigenvalue weighted by Gasteiger charge is -2.19. The Morgan fingerprint density at radius 1 is 1.11 bits per heavy atom. The molecule has 2 nitrogen and oxygen atoms in total. The van der Waals surface area contributed by atoms with Crippen LogP contribution < -0.4 is 5.32 Å². The Bertz CT molecular complexity index is 444. The molecule has 1 heterocycles. The summed E-state index contributed by atoms with van der Waals surface area (Å²) in [5.74, 6) is 0. The molecular formula is C15H19NOS. The van der Waals surface area contributed by atoms with E-state index in [0.29, 0.717) is 6.04 Å². The van der Waals surface area contributed by atoms with E-state index in [9.17, 15) is 4.79 Å². The van der Waals surface area contributed by atoms with Gasteiger partial charge < -0.3 is 5.32 Å². The summed E-state index contributed by atoms with van der Waals surface area (Å²) >= 11 is 1.79. The number of rotatable bonds is 2. The van der Waals surface area contributed by atoms with E-state index in [1.54, 1.807) is 11.3 Å². The number of carbonyl (C=O) groups excluding carboxylic acids is 1. The monoisotopic (exact) mass is 261 g/mol. The third kappa shape index (κ3) is 3.84. The maximum absolute atomic E-state index is 9.96. The molecule has 2 aromatic rings. The fourth-order valence-electron chi connectivity index (χ4n) is 2.27. The molecule has 1 aliphatic rings. The second-order valence-electron chi connectivity index (χ2n) is 4.58. The standard InChI is InChI=1S/C8H6S.C7H13NO/c1-2-4-8-7(3-1)5-6-9-8;9-6-8-7-4-2-1-3-5-7/h1-6H;6-7H,1-5H2,(H,8,9). The fourth-order valence-corrected chi connectivity index (χ4v) is 3.06. The first-order chi connectivity index (χ1) is 8.90. The van der Waals surface area contributed by atoms with Gasteiger partial charge in [0.2, 0.25) is 6.41 Å². The maximum atomic E-state index is 9.96. The van der Waals surface area contributed by atoms with Crippen molar-refractivity contribution in [3.05, 3.63) is 35.7 Å². The van der Waals surface area contributed by atoms with E-state index in [-0.39, 0.29) is 0 Å². The molecule has 0 radical (unpaired) electrons. The Hall–Kier alpha value is -1.35. The number of benzene rings is 1. The number of thiophene rings is 1. The molecule has 1 amide bonds. The first kappa shape index (κ1) is 13.1. The van der Waals surface area contributed by atoms with Crippen molar-refractivity contribution in [2.75, 3.05) is 0 Å². The van der Waals surface area contributed by atoms with Crippen LogP contribution in [0.3, 0.4) is 0 Å². The van der Waals surface area contributed by atoms with Crippen molar-refractivity contribution in [3.63, 3.8) is 0 Å². The summed E-state index contributed by atoms with van der Waals surface area (Å²) in [6.07, 6.45) is 7.08. The Morgan fingerprint density at radius 3 is 2.61 bits per heavy atom. The number of amides is 1. The number of fused-ring (bicyclic) bond motifs is 1. The van der Waals surface area contributed by atoms with Crippen LogP contribution in [-0.4, -0.2) is 12.5 Å². The highest BCUT2D eigenvalue weighted by Gasteiger charge is 2.10. The molecule has 3 rings (SSSR count). The Kier molecular flexibility index (Phi) is 5.21. The smallest absolute Gasteiger partial charge is 0.207 e. The van der Waals surface area contributed by atoms with Crippen LogP contribution in [0, 0.1) is 0 Å². The second kappa shape index (κ2) is 7.17. The zero-order valence-corrected chi connectivity index (χ0v) is 11.3. The molecule has 0 aliphatic heterocycles. The van der Waals surface area contributed by atoms with Crippen molar-refractivity contribution in [2.45, 2.75) is 38.1 Å². The minimum atomic E-state index is 0.483. The minimum absolute atomic E-state index is 0.483. The number of hydrogen-bond acceptors (Lipinski definition) is 2. The molecule has 0 unspecified atom stereocenters. The lowest BCUT2D eigenvalue weighted by molar-refractivity contribution is -0.110. The van der Waals surface area contributed by atoms with Crippen molar-refractivity contribution in [1.82, 2.24) is 5.32 Å². The van der Waals surface area contributed by atoms with Gasteiger partial charge in [-0.2, -0.15) is 0 Å². The van der Waals surface area contributed by atoms with Crippen molar-refractivity contribution < 1.29 is 4.79 Å². The van der Waals surface area contributed by atoms with E-state index in [4.69, 9.17) is 0 Å². The first-order valence-corrected chi connectivity index (χ1v) is 7.40. The van der Waals surface area contributed by atoms with E-state index in [1.807, 2.05) is 0 Å². The van der Waals surface area contributed by atoms with Gasteiger partial charge in [-0.15, -0.1) is 11.3 Å². The van der Waals surface area contributed by atoms with Crippen LogP contribution in [0.2, 0.25) is 0 Å². The number of hydrogen-bond donors (Lipinski definition) is 1. The van der Waals surface area contributed by atoms with E-state index in [2.05, 4.69) is 41.0 Å². The van der Waals surface area contributed by atoms with Gasteiger partial charge in [0.1, 0.15) is 0 Å². The fraction of sp³-hybridized carbons (Fsp3) is 0.400. The molecule has 1 aromatic carbocycles. The van der Waals surface area contributed by atoms with E-state index < -0.39 is 0 Å². The highest BCUT2D eigenvalue weighted by Crippen LogP contribution is 2.18. The van der Waals surface area contributed by atoms with E-state index in [0.717, 1.165) is 6.41 Å². The quantitative estimate of drug-likeness (QED) is 0.814. The summed E-state index contributed by atoms with van der Waals surface area (Å²) in [5, 5.41) is 6.27. The van der Waals surface area contributed by atoms with Gasteiger partial charge in [0.25, 0.3) is 0 Å². The highest BCUT2D eigenvalue weighted by atomic mass is 32.1. The van der Waals surface area contributed by atoms with Crippen LogP contribution >= 0.6 is 11.3 Å². The summed E-state index contributed by atoms with van der Waals surface area (Å²) < 4.78 is 1.37. The molecule has 1 saturated carbocycles. The molecule has 1 aromatic heterocycles. The third-order valence-corrected chi connectivity index (χ3v) is 4.17. The predicted molar refractivity (Wildman–Crippen MR) is 77.9 cm³/mol. The lowest BCUT2D eigenvalue weighted by Crippen LogP contribution is -2.29. The van der Waals surface area contributed by atoms with Gasteiger partial charge in [0, 0.05) is 10.7 Å². The van der Waals surface area contributed by atoms with Crippen LogP contribution in [0.1, 0.15) is 32.1 Å². The molecule has 1 N–H and O–H groups in total. The number of carbonyl (C=O) groups is 1. The van der Waals surface area contributed by atoms with E-state index in [1.165, 1.54) is 42.2 Å². The molecule has 18 heavy (non-hydrogen) atoms. The largest absolute Gasteiger partial charge is 0.356 e. The van der Waals surface area contributed by atoms with Crippen molar-refractivity contribution in [2.24, 2.45) is 0 Å². The van der Waals surface area contributed by atoms with Crippen molar-refractivity contribution in [1.29, 1.82) is 0 Å². The first-order valence-electron chi connectivity index (χ1n) is 6.52. The van der Waals surface area contributed by atoms with Gasteiger partial charge in [-0.3, -0.25) is 4.79 Å². The maximum Gasteiger partial charge on any atom is 0.207 e. The molecule has 96 valence electrons. The highest BCUT2D eigenvalue weighted by molar-refractivity contribution is 7.17. The van der Waals surface area contributed by atoms with Gasteiger partial charge in [-0.05, 0) is 35.7 Å². The Balaban J connectivity index is 0.000000134. The zero-order chi connectivity index (χ0) is 12.6. The molecule has 1 fully saturated rings. The van der Waals surface area contributed by atoms with Gasteiger partial charge in [-0.1, -0.05) is 37.5 Å². The average Bonchev–Trinajstić information content (AvgIpc) is 2.89. The van der Waals surface area contributed by atoms with Crippen molar-refractivity contribution in [3.8, 4) is 0 Å². The topological polar surface area (TPSA) is 29.1 Å². The molecule has 0 bridgehead atoms. The summed E-state index contributed by atoms with van der Waals surface area (Å²) in [4.78, 5) is 9.96. The normalized spacial score (nSPS) is 15.8. The van der Waals surface area contributed by atoms with E-state index >= 15 is 0 Å². The summed E-state index contributed by atoms with van der Waals surface area (Å²) in [6, 6.07) is 11.0. The van der Waals surface area contributed by atoms with Crippen LogP contribution in [0.4, 0.5) is 0 Å². The second-order valence-corrected chi connectivity index (χ2v) is 5.53. The third-order valence-electron chi connectivity index (χ3n) is 3.27. The predicted octanol–water partition coefficient (Wildman–Crippen LogP) is 3.97. The van der Waals surface area contributed by atoms with Crippen LogP contribution in [-0.2, 0) is 4.79 Å². The van der Waals surface area contributed by atoms with Gasteiger partial charge in [-0.25, -0.2) is 0 Å². The molecule has 0 atom stereocenters. The molecule has 0 saturated heterocycles. The molecule has 0 spiro atoms. The molecular weight excluding hydrogens is 242 g/mol. The van der Waals surface area contributed by atoms with Crippen LogP contribution in [0.25, 0.3) is 10.1 Å². The zero-order valence-electron chi connectivity index (χ0n) is 10.5. The van der Waals surface area contributed by atoms with Crippen LogP contribution in [0.5, 0.6) is 0 Å². The Labute approximate surface area is 112 Å². The van der Waals surface area contributed by atoms with Gasteiger partial charge >= 0.3 is 0 Å². The van der Waals surface area contributed by atoms with Gasteiger partial charge in [0.05, 0.1) is 0 Å². The SMILES string of the molecule is O=CNC1CCCCC1.c1ccc2sccc2c1.